The molecule has 2 nitrogen and oxygen atoms in total. The van der Waals surface area contributed by atoms with Crippen molar-refractivity contribution in [2.75, 3.05) is 5.73 Å². The van der Waals surface area contributed by atoms with Gasteiger partial charge in [-0.05, 0) is 30.9 Å². The highest BCUT2D eigenvalue weighted by Gasteiger charge is 2.19. The fourth-order valence-corrected chi connectivity index (χ4v) is 1.71. The van der Waals surface area contributed by atoms with Crippen LogP contribution in [0, 0.1) is 0 Å². The lowest BCUT2D eigenvalue weighted by molar-refractivity contribution is 0.146. The summed E-state index contributed by atoms with van der Waals surface area (Å²) in [6.45, 7) is 0. The molecule has 1 aromatic heterocycles. The molecular weight excluding hydrogens is 174 g/mol. The van der Waals surface area contributed by atoms with Crippen LogP contribution in [-0.2, 0) is 12.8 Å². The molecule has 0 aliphatic heterocycles. The molecule has 1 heterocycles. The molecular formula is C9H10F2N2. The molecule has 0 saturated heterocycles. The molecule has 0 spiro atoms. The summed E-state index contributed by atoms with van der Waals surface area (Å²) in [4.78, 5) is 3.88. The minimum absolute atomic E-state index is 0.196. The minimum Gasteiger partial charge on any atom is -0.398 e. The molecule has 2 N–H and O–H groups in total. The average Bonchev–Trinajstić information content (AvgIpc) is 2.51. The molecule has 0 atom stereocenters. The number of halogens is 2. The van der Waals surface area contributed by atoms with E-state index >= 15 is 0 Å². The Balaban J connectivity index is 2.49. The maximum atomic E-state index is 12.3. The van der Waals surface area contributed by atoms with Crippen molar-refractivity contribution in [1.82, 2.24) is 4.98 Å². The largest absolute Gasteiger partial charge is 0.398 e. The van der Waals surface area contributed by atoms with Crippen LogP contribution in [0.5, 0.6) is 0 Å². The van der Waals surface area contributed by atoms with E-state index < -0.39 is 6.43 Å². The fourth-order valence-electron chi connectivity index (χ4n) is 1.71. The number of hydrogen-bond acceptors (Lipinski definition) is 2. The molecule has 2 rings (SSSR count). The molecule has 0 aromatic carbocycles. The Bertz CT molecular complexity index is 337. The molecule has 4 heteroatoms. The number of hydrogen-bond donors (Lipinski definition) is 1. The molecule has 1 aliphatic carbocycles. The van der Waals surface area contributed by atoms with Crippen molar-refractivity contribution in [3.8, 4) is 0 Å². The van der Waals surface area contributed by atoms with Crippen LogP contribution in [0.1, 0.15) is 29.8 Å². The van der Waals surface area contributed by atoms with E-state index in [2.05, 4.69) is 4.98 Å². The van der Waals surface area contributed by atoms with Crippen LogP contribution in [0.2, 0.25) is 0 Å². The van der Waals surface area contributed by atoms with Crippen LogP contribution in [0.25, 0.3) is 0 Å². The maximum Gasteiger partial charge on any atom is 0.280 e. The number of alkyl halides is 2. The number of anilines is 1. The zero-order chi connectivity index (χ0) is 9.42. The van der Waals surface area contributed by atoms with Gasteiger partial charge in [-0.3, -0.25) is 4.98 Å². The summed E-state index contributed by atoms with van der Waals surface area (Å²) in [6, 6.07) is 1.29. The number of nitrogen functional groups attached to an aromatic ring is 1. The zero-order valence-corrected chi connectivity index (χ0v) is 7.06. The molecule has 70 valence electrons. The number of pyridine rings is 1. The van der Waals surface area contributed by atoms with E-state index in [1.807, 2.05) is 0 Å². The van der Waals surface area contributed by atoms with Crippen molar-refractivity contribution >= 4 is 5.69 Å². The molecule has 0 bridgehead atoms. The molecule has 0 radical (unpaired) electrons. The molecule has 1 aromatic rings. The smallest absolute Gasteiger partial charge is 0.280 e. The summed E-state index contributed by atoms with van der Waals surface area (Å²) in [5.74, 6) is 0. The van der Waals surface area contributed by atoms with Crippen molar-refractivity contribution in [1.29, 1.82) is 0 Å². The number of aryl methyl sites for hydroxylation is 1. The Morgan fingerprint density at radius 2 is 2.15 bits per heavy atom. The SMILES string of the molecule is Nc1cc(C(F)F)nc2c1CCC2. The Kier molecular flexibility index (Phi) is 1.90. The van der Waals surface area contributed by atoms with Gasteiger partial charge in [0, 0.05) is 11.4 Å². The van der Waals surface area contributed by atoms with Gasteiger partial charge in [-0.1, -0.05) is 0 Å². The summed E-state index contributed by atoms with van der Waals surface area (Å²) in [5, 5.41) is 0. The first-order valence-corrected chi connectivity index (χ1v) is 4.25. The predicted octanol–water partition coefficient (Wildman–Crippen LogP) is 2.09. The van der Waals surface area contributed by atoms with E-state index in [-0.39, 0.29) is 5.69 Å². The quantitative estimate of drug-likeness (QED) is 0.725. The van der Waals surface area contributed by atoms with Crippen molar-refractivity contribution in [2.45, 2.75) is 25.7 Å². The first-order chi connectivity index (χ1) is 6.18. The molecule has 0 unspecified atom stereocenters. The molecule has 1 aliphatic rings. The standard InChI is InChI=1S/C9H10F2N2/c10-9(11)8-4-6(12)5-2-1-3-7(5)13-8/h4,9H,1-3H2,(H2,12,13). The third-order valence-electron chi connectivity index (χ3n) is 2.33. The van der Waals surface area contributed by atoms with Gasteiger partial charge in [-0.25, -0.2) is 8.78 Å². The normalized spacial score (nSPS) is 15.0. The van der Waals surface area contributed by atoms with Gasteiger partial charge in [-0.15, -0.1) is 0 Å². The van der Waals surface area contributed by atoms with Gasteiger partial charge in [0.1, 0.15) is 5.69 Å². The summed E-state index contributed by atoms with van der Waals surface area (Å²) < 4.78 is 24.6. The lowest BCUT2D eigenvalue weighted by Gasteiger charge is -2.06. The number of nitrogens with two attached hydrogens (primary N) is 1. The summed E-state index contributed by atoms with van der Waals surface area (Å²) >= 11 is 0. The van der Waals surface area contributed by atoms with Gasteiger partial charge in [0.15, 0.2) is 0 Å². The molecule has 0 saturated carbocycles. The van der Waals surface area contributed by atoms with E-state index in [9.17, 15) is 8.78 Å². The summed E-state index contributed by atoms with van der Waals surface area (Å²) in [6.07, 6.45) is 0.102. The summed E-state index contributed by atoms with van der Waals surface area (Å²) in [7, 11) is 0. The van der Waals surface area contributed by atoms with Crippen molar-refractivity contribution in [2.24, 2.45) is 0 Å². The van der Waals surface area contributed by atoms with Crippen molar-refractivity contribution in [3.63, 3.8) is 0 Å². The predicted molar refractivity (Wildman–Crippen MR) is 45.6 cm³/mol. The fraction of sp³-hybridized carbons (Fsp3) is 0.444. The molecule has 0 fully saturated rings. The third kappa shape index (κ3) is 1.36. The monoisotopic (exact) mass is 184 g/mol. The first kappa shape index (κ1) is 8.41. The Labute approximate surface area is 74.8 Å². The van der Waals surface area contributed by atoms with Gasteiger partial charge in [-0.2, -0.15) is 0 Å². The Morgan fingerprint density at radius 1 is 1.38 bits per heavy atom. The minimum atomic E-state index is -2.52. The lowest BCUT2D eigenvalue weighted by atomic mass is 10.1. The average molecular weight is 184 g/mol. The lowest BCUT2D eigenvalue weighted by Crippen LogP contribution is -2.01. The maximum absolute atomic E-state index is 12.3. The highest BCUT2D eigenvalue weighted by molar-refractivity contribution is 5.51. The van der Waals surface area contributed by atoms with Crippen LogP contribution in [0.4, 0.5) is 14.5 Å². The van der Waals surface area contributed by atoms with Crippen LogP contribution >= 0.6 is 0 Å². The third-order valence-corrected chi connectivity index (χ3v) is 2.33. The Hall–Kier alpha value is -1.19. The van der Waals surface area contributed by atoms with Crippen LogP contribution in [0.15, 0.2) is 6.07 Å². The van der Waals surface area contributed by atoms with E-state index in [1.54, 1.807) is 0 Å². The van der Waals surface area contributed by atoms with Crippen LogP contribution < -0.4 is 5.73 Å². The Morgan fingerprint density at radius 3 is 2.85 bits per heavy atom. The van der Waals surface area contributed by atoms with Gasteiger partial charge >= 0.3 is 0 Å². The van der Waals surface area contributed by atoms with Crippen molar-refractivity contribution in [3.05, 3.63) is 23.0 Å². The van der Waals surface area contributed by atoms with E-state index in [0.717, 1.165) is 30.5 Å². The van der Waals surface area contributed by atoms with Crippen LogP contribution in [-0.4, -0.2) is 4.98 Å². The van der Waals surface area contributed by atoms with E-state index in [4.69, 9.17) is 5.73 Å². The highest BCUT2D eigenvalue weighted by Crippen LogP contribution is 2.29. The van der Waals surface area contributed by atoms with Crippen molar-refractivity contribution < 1.29 is 8.78 Å². The van der Waals surface area contributed by atoms with Gasteiger partial charge in [0.05, 0.1) is 0 Å². The molecule has 0 amide bonds. The van der Waals surface area contributed by atoms with Gasteiger partial charge in [0.25, 0.3) is 6.43 Å². The molecule has 13 heavy (non-hydrogen) atoms. The number of rotatable bonds is 1. The van der Waals surface area contributed by atoms with Gasteiger partial charge in [0.2, 0.25) is 0 Å². The zero-order valence-electron chi connectivity index (χ0n) is 7.06. The number of fused-ring (bicyclic) bond motifs is 1. The second kappa shape index (κ2) is 2.94. The first-order valence-electron chi connectivity index (χ1n) is 4.25. The van der Waals surface area contributed by atoms with Crippen LogP contribution in [0.3, 0.4) is 0 Å². The second-order valence-electron chi connectivity index (χ2n) is 3.22. The number of nitrogens with zero attached hydrogens (tertiary/aromatic N) is 1. The van der Waals surface area contributed by atoms with E-state index in [1.165, 1.54) is 6.07 Å². The second-order valence-corrected chi connectivity index (χ2v) is 3.22. The highest BCUT2D eigenvalue weighted by atomic mass is 19.3. The number of aromatic nitrogens is 1. The summed E-state index contributed by atoms with van der Waals surface area (Å²) in [5.41, 5.74) is 7.63. The topological polar surface area (TPSA) is 38.9 Å². The van der Waals surface area contributed by atoms with Gasteiger partial charge < -0.3 is 5.73 Å². The van der Waals surface area contributed by atoms with E-state index in [0.29, 0.717) is 5.69 Å².